The number of nitrogens with zero attached hydrogens (tertiary/aromatic N) is 4. The number of benzene rings is 1. The fourth-order valence-corrected chi connectivity index (χ4v) is 4.90. The van der Waals surface area contributed by atoms with Crippen LogP contribution < -0.4 is 5.32 Å². The minimum Gasteiger partial charge on any atom is -0.356 e. The average Bonchev–Trinajstić information content (AvgIpc) is 3.07. The maximum atomic E-state index is 6.26. The molecule has 2 aromatic rings. The van der Waals surface area contributed by atoms with Crippen LogP contribution >= 0.6 is 46.9 Å². The van der Waals surface area contributed by atoms with Gasteiger partial charge in [-0.2, -0.15) is 0 Å². The van der Waals surface area contributed by atoms with Gasteiger partial charge in [0.05, 0.1) is 17.2 Å². The maximum Gasteiger partial charge on any atom is 0.193 e. The molecule has 8 heteroatoms. The van der Waals surface area contributed by atoms with Crippen LogP contribution in [0.15, 0.2) is 34.6 Å². The third-order valence-corrected chi connectivity index (χ3v) is 6.42. The Bertz CT molecular complexity index is 812. The number of nitrogens with one attached hydrogen (secondary N) is 1. The number of hydrogen-bond acceptors (Lipinski definition) is 4. The number of rotatable bonds is 5. The van der Waals surface area contributed by atoms with E-state index in [4.69, 9.17) is 11.6 Å². The van der Waals surface area contributed by atoms with Gasteiger partial charge in [-0.1, -0.05) is 23.7 Å². The molecule has 0 spiro atoms. The van der Waals surface area contributed by atoms with Gasteiger partial charge in [-0.15, -0.1) is 35.3 Å². The first kappa shape index (κ1) is 24.4. The summed E-state index contributed by atoms with van der Waals surface area (Å²) >= 11 is 7.95. The smallest absolute Gasteiger partial charge is 0.193 e. The van der Waals surface area contributed by atoms with Crippen molar-refractivity contribution in [2.45, 2.75) is 32.4 Å². The molecule has 1 aromatic heterocycles. The molecule has 1 saturated heterocycles. The van der Waals surface area contributed by atoms with Gasteiger partial charge < -0.3 is 10.2 Å². The van der Waals surface area contributed by atoms with Crippen molar-refractivity contribution in [2.24, 2.45) is 10.9 Å². The number of hydrogen-bond donors (Lipinski definition) is 1. The van der Waals surface area contributed by atoms with E-state index in [-0.39, 0.29) is 24.0 Å². The van der Waals surface area contributed by atoms with Crippen LogP contribution in [0.3, 0.4) is 0 Å². The van der Waals surface area contributed by atoms with Gasteiger partial charge in [0.25, 0.3) is 0 Å². The van der Waals surface area contributed by atoms with E-state index in [1.807, 2.05) is 26.1 Å². The number of piperidine rings is 1. The quantitative estimate of drug-likeness (QED) is 0.331. The summed E-state index contributed by atoms with van der Waals surface area (Å²) in [6, 6.07) is 8.65. The zero-order valence-electron chi connectivity index (χ0n) is 17.6. The van der Waals surface area contributed by atoms with E-state index in [9.17, 15) is 0 Å². The standard InChI is InChI=1S/C21H30ClN5S.HI/c1-15-25-19(14-28-15)13-27(4)21(23-2)24-12-17-8-6-10-26(3)20(17)16-7-5-9-18(22)11-16;/h5,7,9,11,14,17,20H,6,8,10,12-13H2,1-4H3,(H,23,24);1H. The van der Waals surface area contributed by atoms with E-state index in [1.54, 1.807) is 11.3 Å². The van der Waals surface area contributed by atoms with E-state index in [1.165, 1.54) is 18.4 Å². The Labute approximate surface area is 200 Å². The predicted molar refractivity (Wildman–Crippen MR) is 135 cm³/mol. The van der Waals surface area contributed by atoms with Crippen molar-refractivity contribution in [1.82, 2.24) is 20.1 Å². The summed E-state index contributed by atoms with van der Waals surface area (Å²) in [5, 5.41) is 7.61. The maximum absolute atomic E-state index is 6.26. The van der Waals surface area contributed by atoms with Crippen LogP contribution in [0.25, 0.3) is 0 Å². The van der Waals surface area contributed by atoms with Crippen molar-refractivity contribution in [2.75, 3.05) is 34.2 Å². The van der Waals surface area contributed by atoms with Crippen molar-refractivity contribution in [1.29, 1.82) is 0 Å². The Kier molecular flexibility index (Phi) is 9.65. The van der Waals surface area contributed by atoms with E-state index in [0.717, 1.165) is 41.3 Å². The van der Waals surface area contributed by atoms with E-state index in [0.29, 0.717) is 12.0 Å². The predicted octanol–water partition coefficient (Wildman–Crippen LogP) is 4.81. The molecule has 0 amide bonds. The van der Waals surface area contributed by atoms with Gasteiger partial charge in [-0.3, -0.25) is 9.89 Å². The molecule has 3 rings (SSSR count). The molecule has 160 valence electrons. The fraction of sp³-hybridized carbons (Fsp3) is 0.524. The highest BCUT2D eigenvalue weighted by Crippen LogP contribution is 2.35. The van der Waals surface area contributed by atoms with Crippen LogP contribution in [0.5, 0.6) is 0 Å². The van der Waals surface area contributed by atoms with Crippen molar-refractivity contribution in [3.05, 3.63) is 50.9 Å². The number of aromatic nitrogens is 1. The highest BCUT2D eigenvalue weighted by molar-refractivity contribution is 14.0. The molecule has 0 saturated carbocycles. The Morgan fingerprint density at radius 1 is 1.45 bits per heavy atom. The Morgan fingerprint density at radius 3 is 2.90 bits per heavy atom. The zero-order chi connectivity index (χ0) is 20.1. The normalized spacial score (nSPS) is 20.2. The molecule has 0 radical (unpaired) electrons. The minimum absolute atomic E-state index is 0. The van der Waals surface area contributed by atoms with Crippen LogP contribution in [0.1, 0.15) is 35.1 Å². The summed E-state index contributed by atoms with van der Waals surface area (Å²) in [6.45, 7) is 4.79. The third-order valence-electron chi connectivity index (χ3n) is 5.36. The Hall–Kier alpha value is -0.900. The summed E-state index contributed by atoms with van der Waals surface area (Å²) in [4.78, 5) is 13.6. The van der Waals surface area contributed by atoms with Crippen molar-refractivity contribution >= 4 is 52.9 Å². The molecule has 2 atom stereocenters. The molecule has 1 aromatic carbocycles. The van der Waals surface area contributed by atoms with Gasteiger partial charge in [0.2, 0.25) is 0 Å². The Morgan fingerprint density at radius 2 is 2.24 bits per heavy atom. The van der Waals surface area contributed by atoms with E-state index >= 15 is 0 Å². The lowest BCUT2D eigenvalue weighted by atomic mass is 9.85. The van der Waals surface area contributed by atoms with Gasteiger partial charge in [-0.25, -0.2) is 4.98 Å². The van der Waals surface area contributed by atoms with Gasteiger partial charge in [-0.05, 0) is 57.0 Å². The summed E-state index contributed by atoms with van der Waals surface area (Å²) < 4.78 is 0. The lowest BCUT2D eigenvalue weighted by Crippen LogP contribution is -2.45. The molecule has 5 nitrogen and oxygen atoms in total. The first-order chi connectivity index (χ1) is 13.5. The van der Waals surface area contributed by atoms with Gasteiger partial charge in [0.1, 0.15) is 0 Å². The first-order valence-corrected chi connectivity index (χ1v) is 11.0. The van der Waals surface area contributed by atoms with Crippen LogP contribution in [0.4, 0.5) is 0 Å². The average molecular weight is 548 g/mol. The number of halogens is 2. The second kappa shape index (κ2) is 11.5. The van der Waals surface area contributed by atoms with Gasteiger partial charge in [0.15, 0.2) is 5.96 Å². The molecule has 1 N–H and O–H groups in total. The van der Waals surface area contributed by atoms with Crippen molar-refractivity contribution in [3.63, 3.8) is 0 Å². The molecule has 0 aliphatic carbocycles. The number of thiazole rings is 1. The summed E-state index contributed by atoms with van der Waals surface area (Å²) in [7, 11) is 6.11. The summed E-state index contributed by atoms with van der Waals surface area (Å²) in [5.41, 5.74) is 2.38. The highest BCUT2D eigenvalue weighted by atomic mass is 127. The van der Waals surface area contributed by atoms with E-state index < -0.39 is 0 Å². The monoisotopic (exact) mass is 547 g/mol. The van der Waals surface area contributed by atoms with Crippen molar-refractivity contribution < 1.29 is 0 Å². The molecule has 1 aliphatic heterocycles. The number of aliphatic imine (C=N–C) groups is 1. The molecule has 1 aliphatic rings. The van der Waals surface area contributed by atoms with Crippen LogP contribution in [0.2, 0.25) is 5.02 Å². The summed E-state index contributed by atoms with van der Waals surface area (Å²) in [6.07, 6.45) is 2.41. The SMILES string of the molecule is CN=C(NCC1CCCN(C)C1c1cccc(Cl)c1)N(C)Cc1csc(C)n1.I. The first-order valence-electron chi connectivity index (χ1n) is 9.76. The Balaban J connectivity index is 0.00000300. The second-order valence-electron chi connectivity index (χ2n) is 7.52. The van der Waals surface area contributed by atoms with Crippen molar-refractivity contribution in [3.8, 4) is 0 Å². The highest BCUT2D eigenvalue weighted by Gasteiger charge is 2.30. The third kappa shape index (κ3) is 6.54. The molecule has 2 heterocycles. The molecular formula is C21H31ClIN5S. The lowest BCUT2D eigenvalue weighted by Gasteiger charge is -2.40. The fourth-order valence-electron chi connectivity index (χ4n) is 4.10. The number of aryl methyl sites for hydroxylation is 1. The molecule has 2 unspecified atom stereocenters. The molecule has 1 fully saturated rings. The van der Waals surface area contributed by atoms with Gasteiger partial charge >= 0.3 is 0 Å². The van der Waals surface area contributed by atoms with Crippen LogP contribution in [-0.2, 0) is 6.54 Å². The zero-order valence-corrected chi connectivity index (χ0v) is 21.5. The second-order valence-corrected chi connectivity index (χ2v) is 9.02. The molecule has 0 bridgehead atoms. The molecular weight excluding hydrogens is 517 g/mol. The topological polar surface area (TPSA) is 43.8 Å². The van der Waals surface area contributed by atoms with Crippen LogP contribution in [0, 0.1) is 12.8 Å². The lowest BCUT2D eigenvalue weighted by molar-refractivity contribution is 0.122. The number of guanidine groups is 1. The van der Waals surface area contributed by atoms with Gasteiger partial charge in [0, 0.05) is 37.1 Å². The largest absolute Gasteiger partial charge is 0.356 e. The van der Waals surface area contributed by atoms with Crippen LogP contribution in [-0.4, -0.2) is 55.0 Å². The minimum atomic E-state index is 0. The summed E-state index contributed by atoms with van der Waals surface area (Å²) in [5.74, 6) is 1.41. The van der Waals surface area contributed by atoms with E-state index in [2.05, 4.69) is 56.7 Å². The molecule has 29 heavy (non-hydrogen) atoms. The number of likely N-dealkylation sites (tertiary alicyclic amines) is 1.